The molecule has 1 heterocycles. The van der Waals surface area contributed by atoms with Gasteiger partial charge in [0.25, 0.3) is 5.91 Å². The van der Waals surface area contributed by atoms with Crippen LogP contribution in [0.3, 0.4) is 0 Å². The van der Waals surface area contributed by atoms with E-state index in [1.54, 1.807) is 17.0 Å². The van der Waals surface area contributed by atoms with Gasteiger partial charge in [-0.2, -0.15) is 5.26 Å². The molecule has 1 N–H and O–H groups in total. The predicted molar refractivity (Wildman–Crippen MR) is 79.2 cm³/mol. The quantitative estimate of drug-likeness (QED) is 0.902. The van der Waals surface area contributed by atoms with E-state index in [1.165, 1.54) is 0 Å². The summed E-state index contributed by atoms with van der Waals surface area (Å²) in [4.78, 5) is 16.1. The summed E-state index contributed by atoms with van der Waals surface area (Å²) in [6.45, 7) is 4.46. The van der Waals surface area contributed by atoms with Gasteiger partial charge in [0, 0.05) is 26.2 Å². The fourth-order valence-corrected chi connectivity index (χ4v) is 2.64. The van der Waals surface area contributed by atoms with Crippen molar-refractivity contribution in [3.05, 3.63) is 35.9 Å². The Labute approximate surface area is 125 Å². The number of hydrogen-bond acceptors (Lipinski definition) is 4. The number of amides is 1. The molecule has 0 aromatic heterocycles. The molecule has 0 aliphatic carbocycles. The van der Waals surface area contributed by atoms with Gasteiger partial charge in [0.1, 0.15) is 0 Å². The molecule has 1 aliphatic heterocycles. The summed E-state index contributed by atoms with van der Waals surface area (Å²) in [7, 11) is 0. The Hall–Kier alpha value is -1.90. The Morgan fingerprint density at radius 3 is 2.43 bits per heavy atom. The number of rotatable bonds is 4. The molecule has 1 aliphatic rings. The van der Waals surface area contributed by atoms with Crippen LogP contribution in [0.4, 0.5) is 0 Å². The standard InChI is InChI=1S/C16H21N3O2/c1-2-14(12-17)18-8-10-19(11-9-18)16(21)15(20)13-6-4-3-5-7-13/h3-7,14-15,20H,2,8-11H2,1H3. The first-order chi connectivity index (χ1) is 10.2. The molecular weight excluding hydrogens is 266 g/mol. The van der Waals surface area contributed by atoms with Gasteiger partial charge in [0.15, 0.2) is 6.10 Å². The molecule has 2 rings (SSSR count). The summed E-state index contributed by atoms with van der Waals surface area (Å²) < 4.78 is 0. The molecule has 1 aromatic carbocycles. The van der Waals surface area contributed by atoms with Crippen LogP contribution in [-0.2, 0) is 4.79 Å². The third-order valence-electron chi connectivity index (χ3n) is 3.95. The lowest BCUT2D eigenvalue weighted by Gasteiger charge is -2.37. The van der Waals surface area contributed by atoms with E-state index in [4.69, 9.17) is 5.26 Å². The van der Waals surface area contributed by atoms with Crippen molar-refractivity contribution in [1.82, 2.24) is 9.80 Å². The molecule has 21 heavy (non-hydrogen) atoms. The lowest BCUT2D eigenvalue weighted by Crippen LogP contribution is -2.52. The second kappa shape index (κ2) is 7.21. The Kier molecular flexibility index (Phi) is 5.32. The molecular formula is C16H21N3O2. The average molecular weight is 287 g/mol. The minimum absolute atomic E-state index is 0.0821. The van der Waals surface area contributed by atoms with E-state index >= 15 is 0 Å². The molecule has 0 radical (unpaired) electrons. The van der Waals surface area contributed by atoms with Crippen LogP contribution in [0.15, 0.2) is 30.3 Å². The van der Waals surface area contributed by atoms with E-state index in [1.807, 2.05) is 25.1 Å². The summed E-state index contributed by atoms with van der Waals surface area (Å²) in [6.07, 6.45) is -0.312. The molecule has 112 valence electrons. The number of aliphatic hydroxyl groups excluding tert-OH is 1. The lowest BCUT2D eigenvalue weighted by atomic mass is 10.1. The smallest absolute Gasteiger partial charge is 0.256 e. The van der Waals surface area contributed by atoms with Gasteiger partial charge in [-0.05, 0) is 12.0 Å². The van der Waals surface area contributed by atoms with E-state index < -0.39 is 6.10 Å². The summed E-state index contributed by atoms with van der Waals surface area (Å²) in [6, 6.07) is 11.2. The molecule has 5 heteroatoms. The van der Waals surface area contributed by atoms with Gasteiger partial charge in [-0.25, -0.2) is 0 Å². The van der Waals surface area contributed by atoms with Gasteiger partial charge in [-0.15, -0.1) is 0 Å². The van der Waals surface area contributed by atoms with Crippen LogP contribution >= 0.6 is 0 Å². The molecule has 2 unspecified atom stereocenters. The fourth-order valence-electron chi connectivity index (χ4n) is 2.64. The average Bonchev–Trinajstić information content (AvgIpc) is 2.56. The molecule has 0 saturated carbocycles. The predicted octanol–water partition coefficient (Wildman–Crippen LogP) is 1.17. The van der Waals surface area contributed by atoms with Crippen LogP contribution in [0, 0.1) is 11.3 Å². The molecule has 0 bridgehead atoms. The van der Waals surface area contributed by atoms with Crippen LogP contribution in [0.1, 0.15) is 25.0 Å². The molecule has 5 nitrogen and oxygen atoms in total. The number of benzene rings is 1. The maximum absolute atomic E-state index is 12.3. The van der Waals surface area contributed by atoms with Crippen LogP contribution in [0.2, 0.25) is 0 Å². The Bertz CT molecular complexity index is 504. The van der Waals surface area contributed by atoms with E-state index in [0.29, 0.717) is 31.7 Å². The number of aliphatic hydroxyl groups is 1. The van der Waals surface area contributed by atoms with Crippen molar-refractivity contribution in [3.8, 4) is 6.07 Å². The minimum Gasteiger partial charge on any atom is -0.378 e. The third-order valence-corrected chi connectivity index (χ3v) is 3.95. The van der Waals surface area contributed by atoms with Crippen molar-refractivity contribution in [3.63, 3.8) is 0 Å². The van der Waals surface area contributed by atoms with Crippen LogP contribution in [0.25, 0.3) is 0 Å². The van der Waals surface area contributed by atoms with E-state index in [0.717, 1.165) is 6.42 Å². The van der Waals surface area contributed by atoms with Gasteiger partial charge in [-0.3, -0.25) is 9.69 Å². The summed E-state index contributed by atoms with van der Waals surface area (Å²) in [5.74, 6) is -0.258. The fraction of sp³-hybridized carbons (Fsp3) is 0.500. The largest absolute Gasteiger partial charge is 0.378 e. The van der Waals surface area contributed by atoms with E-state index in [-0.39, 0.29) is 11.9 Å². The van der Waals surface area contributed by atoms with Gasteiger partial charge < -0.3 is 10.0 Å². The summed E-state index contributed by atoms with van der Waals surface area (Å²) >= 11 is 0. The molecule has 1 aromatic rings. The first-order valence-corrected chi connectivity index (χ1v) is 7.32. The monoisotopic (exact) mass is 287 g/mol. The van der Waals surface area contributed by atoms with E-state index in [2.05, 4.69) is 11.0 Å². The first kappa shape index (κ1) is 15.5. The highest BCUT2D eigenvalue weighted by Crippen LogP contribution is 2.17. The Morgan fingerprint density at radius 1 is 1.29 bits per heavy atom. The van der Waals surface area contributed by atoms with Gasteiger partial charge >= 0.3 is 0 Å². The molecule has 1 amide bonds. The third kappa shape index (κ3) is 3.60. The Balaban J connectivity index is 1.93. The Morgan fingerprint density at radius 2 is 1.90 bits per heavy atom. The van der Waals surface area contributed by atoms with Gasteiger partial charge in [0.05, 0.1) is 12.1 Å². The first-order valence-electron chi connectivity index (χ1n) is 7.32. The van der Waals surface area contributed by atoms with Crippen LogP contribution in [0.5, 0.6) is 0 Å². The highest BCUT2D eigenvalue weighted by atomic mass is 16.3. The molecule has 2 atom stereocenters. The van der Waals surface area contributed by atoms with Crippen molar-refractivity contribution in [2.45, 2.75) is 25.5 Å². The van der Waals surface area contributed by atoms with E-state index in [9.17, 15) is 9.90 Å². The van der Waals surface area contributed by atoms with Crippen molar-refractivity contribution >= 4 is 5.91 Å². The SMILES string of the molecule is CCC(C#N)N1CCN(C(=O)C(O)c2ccccc2)CC1. The maximum atomic E-state index is 12.3. The highest BCUT2D eigenvalue weighted by Gasteiger charge is 2.29. The maximum Gasteiger partial charge on any atom is 0.256 e. The second-order valence-corrected chi connectivity index (χ2v) is 5.23. The molecule has 1 saturated heterocycles. The number of hydrogen-bond donors (Lipinski definition) is 1. The van der Waals surface area contributed by atoms with Crippen molar-refractivity contribution in [1.29, 1.82) is 5.26 Å². The summed E-state index contributed by atoms with van der Waals surface area (Å²) in [5, 5.41) is 19.2. The van der Waals surface area contributed by atoms with Crippen molar-refractivity contribution < 1.29 is 9.90 Å². The molecule has 1 fully saturated rings. The normalized spacial score (nSPS) is 18.8. The minimum atomic E-state index is -1.10. The second-order valence-electron chi connectivity index (χ2n) is 5.23. The zero-order chi connectivity index (χ0) is 15.2. The van der Waals surface area contributed by atoms with Gasteiger partial charge in [0.2, 0.25) is 0 Å². The number of nitrogens with zero attached hydrogens (tertiary/aromatic N) is 3. The molecule has 0 spiro atoms. The zero-order valence-corrected chi connectivity index (χ0v) is 12.3. The number of nitriles is 1. The zero-order valence-electron chi connectivity index (χ0n) is 12.3. The number of carbonyl (C=O) groups is 1. The number of carbonyl (C=O) groups excluding carboxylic acids is 1. The topological polar surface area (TPSA) is 67.6 Å². The summed E-state index contributed by atoms with van der Waals surface area (Å²) in [5.41, 5.74) is 0.619. The van der Waals surface area contributed by atoms with Crippen molar-refractivity contribution in [2.75, 3.05) is 26.2 Å². The lowest BCUT2D eigenvalue weighted by molar-refractivity contribution is -0.142. The van der Waals surface area contributed by atoms with Crippen molar-refractivity contribution in [2.24, 2.45) is 0 Å². The van der Waals surface area contributed by atoms with Crippen LogP contribution in [-0.4, -0.2) is 53.0 Å². The highest BCUT2D eigenvalue weighted by molar-refractivity contribution is 5.82. The van der Waals surface area contributed by atoms with Crippen LogP contribution < -0.4 is 0 Å². The van der Waals surface area contributed by atoms with Gasteiger partial charge in [-0.1, -0.05) is 37.3 Å². The number of piperazine rings is 1.